The molecular formula is C22H25NO7S. The summed E-state index contributed by atoms with van der Waals surface area (Å²) >= 11 is 0. The fraction of sp³-hybridized carbons (Fsp3) is 0.500. The lowest BCUT2D eigenvalue weighted by Crippen LogP contribution is -2.78. The molecule has 1 N–H and O–H groups in total. The molecule has 2 saturated heterocycles. The molecule has 8 nitrogen and oxygen atoms in total. The lowest BCUT2D eigenvalue weighted by Gasteiger charge is -2.51. The van der Waals surface area contributed by atoms with Crippen LogP contribution in [0.2, 0.25) is 0 Å². The first-order valence-corrected chi connectivity index (χ1v) is 11.8. The minimum atomic E-state index is -3.99. The minimum absolute atomic E-state index is 0.0175. The van der Waals surface area contributed by atoms with Crippen molar-refractivity contribution in [3.63, 3.8) is 0 Å². The van der Waals surface area contributed by atoms with Gasteiger partial charge in [0.15, 0.2) is 11.4 Å². The molecule has 166 valence electrons. The van der Waals surface area contributed by atoms with Gasteiger partial charge in [-0.2, -0.15) is 8.42 Å². The third-order valence-corrected chi connectivity index (χ3v) is 7.89. The number of rotatable bonds is 7. The highest BCUT2D eigenvalue weighted by Gasteiger charge is 2.80. The van der Waals surface area contributed by atoms with Gasteiger partial charge in [-0.3, -0.25) is 13.8 Å². The second kappa shape index (κ2) is 7.56. The van der Waals surface area contributed by atoms with Gasteiger partial charge >= 0.3 is 5.97 Å². The van der Waals surface area contributed by atoms with Crippen LogP contribution >= 0.6 is 0 Å². The molecule has 0 unspecified atom stereocenters. The van der Waals surface area contributed by atoms with E-state index >= 15 is 0 Å². The second-order valence-corrected chi connectivity index (χ2v) is 10.1. The number of carbonyl (C=O) groups excluding carboxylic acids is 3. The highest BCUT2D eigenvalue weighted by molar-refractivity contribution is 7.86. The summed E-state index contributed by atoms with van der Waals surface area (Å²) in [4.78, 5) is 38.4. The number of hydrogen-bond acceptors (Lipinski definition) is 7. The number of ketones is 1. The predicted molar refractivity (Wildman–Crippen MR) is 109 cm³/mol. The van der Waals surface area contributed by atoms with Crippen LogP contribution in [0.15, 0.2) is 41.3 Å². The highest BCUT2D eigenvalue weighted by Crippen LogP contribution is 2.51. The number of esters is 1. The Balaban J connectivity index is 1.49. The summed E-state index contributed by atoms with van der Waals surface area (Å²) in [6.45, 7) is 3.11. The van der Waals surface area contributed by atoms with Crippen LogP contribution in [0.4, 0.5) is 0 Å². The molecule has 3 aliphatic rings. The summed E-state index contributed by atoms with van der Waals surface area (Å²) in [7, 11) is -3.99. The van der Waals surface area contributed by atoms with Crippen molar-refractivity contribution in [1.29, 1.82) is 0 Å². The number of nitrogens with one attached hydrogen (secondary N) is 1. The van der Waals surface area contributed by atoms with Crippen LogP contribution in [0.25, 0.3) is 0 Å². The van der Waals surface area contributed by atoms with E-state index in [0.717, 1.165) is 18.4 Å². The van der Waals surface area contributed by atoms with Crippen LogP contribution in [0, 0.1) is 18.8 Å². The number of fused-ring (bicyclic) bond motifs is 1. The molecule has 0 saturated carbocycles. The largest absolute Gasteiger partial charge is 0.453 e. The van der Waals surface area contributed by atoms with Crippen molar-refractivity contribution in [2.75, 3.05) is 6.61 Å². The Morgan fingerprint density at radius 2 is 1.97 bits per heavy atom. The van der Waals surface area contributed by atoms with E-state index in [9.17, 15) is 22.8 Å². The van der Waals surface area contributed by atoms with Gasteiger partial charge in [0.25, 0.3) is 10.1 Å². The average molecular weight is 448 g/mol. The van der Waals surface area contributed by atoms with Crippen LogP contribution in [0.1, 0.15) is 38.2 Å². The van der Waals surface area contributed by atoms with Crippen molar-refractivity contribution in [1.82, 2.24) is 5.32 Å². The third kappa shape index (κ3) is 3.30. The molecule has 1 amide bonds. The van der Waals surface area contributed by atoms with Gasteiger partial charge in [-0.25, -0.2) is 4.79 Å². The number of carbonyl (C=O) groups is 3. The summed E-state index contributed by atoms with van der Waals surface area (Å²) in [6.07, 6.45) is 5.98. The van der Waals surface area contributed by atoms with Crippen molar-refractivity contribution < 1.29 is 31.7 Å². The van der Waals surface area contributed by atoms with Gasteiger partial charge in [0.05, 0.1) is 17.4 Å². The zero-order valence-electron chi connectivity index (χ0n) is 17.4. The van der Waals surface area contributed by atoms with Crippen LogP contribution in [0.3, 0.4) is 0 Å². The molecule has 0 radical (unpaired) electrons. The fourth-order valence-electron chi connectivity index (χ4n) is 4.70. The van der Waals surface area contributed by atoms with Crippen molar-refractivity contribution in [2.45, 2.75) is 55.6 Å². The molecule has 4 rings (SSSR count). The maximum absolute atomic E-state index is 13.2. The van der Waals surface area contributed by atoms with Crippen LogP contribution in [-0.2, 0) is 33.4 Å². The quantitative estimate of drug-likeness (QED) is 0.293. The molecule has 2 fully saturated rings. The number of hydrogen-bond donors (Lipinski definition) is 1. The first kappa shape index (κ1) is 21.7. The number of benzene rings is 1. The van der Waals surface area contributed by atoms with E-state index in [1.807, 2.05) is 13.0 Å². The zero-order chi connectivity index (χ0) is 22.4. The molecule has 2 heterocycles. The Bertz CT molecular complexity index is 1060. The summed E-state index contributed by atoms with van der Waals surface area (Å²) < 4.78 is 35.3. The topological polar surface area (TPSA) is 116 Å². The van der Waals surface area contributed by atoms with E-state index in [1.54, 1.807) is 25.1 Å². The lowest BCUT2D eigenvalue weighted by molar-refractivity contribution is -0.219. The monoisotopic (exact) mass is 447 g/mol. The summed E-state index contributed by atoms with van der Waals surface area (Å²) in [5.41, 5.74) is -2.19. The smallest absolute Gasteiger partial charge is 0.344 e. The van der Waals surface area contributed by atoms with E-state index in [4.69, 9.17) is 8.92 Å². The fourth-order valence-corrected chi connectivity index (χ4v) is 5.62. The minimum Gasteiger partial charge on any atom is -0.453 e. The molecule has 0 bridgehead atoms. The highest BCUT2D eigenvalue weighted by atomic mass is 32.2. The molecule has 0 spiro atoms. The Labute approximate surface area is 181 Å². The summed E-state index contributed by atoms with van der Waals surface area (Å²) in [5, 5.41) is 2.59. The molecule has 0 aromatic heterocycles. The molecule has 9 heteroatoms. The number of allylic oxidation sites excluding steroid dienone is 2. The Kier molecular flexibility index (Phi) is 5.29. The van der Waals surface area contributed by atoms with E-state index in [-0.39, 0.29) is 23.7 Å². The average Bonchev–Trinajstić information content (AvgIpc) is 2.91. The molecule has 1 aromatic carbocycles. The SMILES string of the molecule is Cc1ccc(S(=O)(=O)OCC[C@H]2C(=O)N[C@@]3(C(=O)[C@@H]4C=CCCC4)C(=O)O[C@@]23C)cc1. The van der Waals surface area contributed by atoms with Crippen LogP contribution in [-0.4, -0.2) is 43.8 Å². The number of Topliss-reactive ketones (excluding diaryl/α,β-unsaturated/α-hetero) is 1. The Hall–Kier alpha value is -2.52. The van der Waals surface area contributed by atoms with Crippen LogP contribution in [0.5, 0.6) is 0 Å². The molecule has 1 aromatic rings. The summed E-state index contributed by atoms with van der Waals surface area (Å²) in [5.74, 6) is -3.00. The first-order chi connectivity index (χ1) is 14.6. The van der Waals surface area contributed by atoms with E-state index in [0.29, 0.717) is 6.42 Å². The van der Waals surface area contributed by atoms with E-state index in [2.05, 4.69) is 5.32 Å². The molecule has 2 aliphatic heterocycles. The van der Waals surface area contributed by atoms with Crippen molar-refractivity contribution in [2.24, 2.45) is 11.8 Å². The van der Waals surface area contributed by atoms with Gasteiger partial charge in [-0.15, -0.1) is 0 Å². The van der Waals surface area contributed by atoms with Crippen LogP contribution < -0.4 is 5.32 Å². The lowest BCUT2D eigenvalue weighted by atomic mass is 9.65. The molecule has 31 heavy (non-hydrogen) atoms. The van der Waals surface area contributed by atoms with Gasteiger partial charge in [-0.1, -0.05) is 29.8 Å². The van der Waals surface area contributed by atoms with Gasteiger partial charge in [0.2, 0.25) is 11.4 Å². The number of amides is 1. The predicted octanol–water partition coefficient (Wildman–Crippen LogP) is 1.82. The van der Waals surface area contributed by atoms with E-state index < -0.39 is 45.0 Å². The van der Waals surface area contributed by atoms with Gasteiger partial charge in [0, 0.05) is 5.92 Å². The summed E-state index contributed by atoms with van der Waals surface area (Å²) in [6, 6.07) is 6.22. The van der Waals surface area contributed by atoms with Crippen molar-refractivity contribution in [3.8, 4) is 0 Å². The zero-order valence-corrected chi connectivity index (χ0v) is 18.2. The standard InChI is InChI=1S/C22H25NO7S/c1-14-8-10-16(11-9-14)31(27,28)29-13-12-17-19(25)23-22(20(26)30-21(17,22)2)18(24)15-6-4-3-5-7-15/h4,6,8-11,15,17H,3,5,7,12-13H2,1-2H3,(H,23,25)/t15-,17+,21+,22+/m1/s1. The molecule has 1 aliphatic carbocycles. The molecular weight excluding hydrogens is 422 g/mol. The van der Waals surface area contributed by atoms with Crippen molar-refractivity contribution >= 4 is 27.8 Å². The second-order valence-electron chi connectivity index (χ2n) is 8.50. The maximum atomic E-state index is 13.2. The Morgan fingerprint density at radius 1 is 1.26 bits per heavy atom. The van der Waals surface area contributed by atoms with E-state index in [1.165, 1.54) is 12.1 Å². The first-order valence-electron chi connectivity index (χ1n) is 10.3. The maximum Gasteiger partial charge on any atom is 0.344 e. The number of aryl methyl sites for hydroxylation is 1. The van der Waals surface area contributed by atoms with Gasteiger partial charge in [-0.05, 0) is 51.7 Å². The molecule has 4 atom stereocenters. The third-order valence-electron chi connectivity index (χ3n) is 6.56. The number of ether oxygens (including phenoxy) is 1. The van der Waals surface area contributed by atoms with Crippen molar-refractivity contribution in [3.05, 3.63) is 42.0 Å². The van der Waals surface area contributed by atoms with Gasteiger partial charge < -0.3 is 10.1 Å². The Morgan fingerprint density at radius 3 is 2.58 bits per heavy atom. The normalized spacial score (nSPS) is 32.1. The van der Waals surface area contributed by atoms with Gasteiger partial charge in [0.1, 0.15) is 0 Å².